The Kier molecular flexibility index (Phi) is 6.91. The van der Waals surface area contributed by atoms with Crippen LogP contribution in [0.5, 0.6) is 0 Å². The van der Waals surface area contributed by atoms with Gasteiger partial charge in [0.25, 0.3) is 5.91 Å². The average Bonchev–Trinajstić information content (AvgIpc) is 2.96. The van der Waals surface area contributed by atoms with Gasteiger partial charge in [0.2, 0.25) is 0 Å². The van der Waals surface area contributed by atoms with Crippen molar-refractivity contribution in [3.8, 4) is 0 Å². The minimum Gasteiger partial charge on any atom is -0.384 e. The van der Waals surface area contributed by atoms with E-state index < -0.39 is 5.60 Å². The lowest BCUT2D eigenvalue weighted by molar-refractivity contribution is 0.0270. The number of rotatable bonds is 6. The summed E-state index contributed by atoms with van der Waals surface area (Å²) in [5, 5.41) is 22.0. The molecule has 1 aliphatic rings. The van der Waals surface area contributed by atoms with Gasteiger partial charge in [-0.1, -0.05) is 23.2 Å². The molecule has 0 aliphatic carbocycles. The Morgan fingerprint density at radius 3 is 2.63 bits per heavy atom. The standard InChI is InChI=1S/C20H27Cl2N5O3/c1-5-30-13-10-27(15-7-6-14(25-26-15)20(3,4)29)9-8-12(13)24-19(28)18-17(22)16(21)11(2)23-18/h6-7,12-13,23,29H,5,8-10H2,1-4H3,(H,24,28)/t12-,13+/m1/s1. The largest absolute Gasteiger partial charge is 0.384 e. The molecule has 1 amide bonds. The van der Waals surface area contributed by atoms with Crippen molar-refractivity contribution >= 4 is 34.9 Å². The molecule has 3 rings (SSSR count). The van der Waals surface area contributed by atoms with Gasteiger partial charge in [0.1, 0.15) is 11.3 Å². The Balaban J connectivity index is 1.70. The molecule has 2 atom stereocenters. The minimum atomic E-state index is -1.04. The van der Waals surface area contributed by atoms with Crippen LogP contribution in [0.3, 0.4) is 0 Å². The number of aromatic amines is 1. The number of nitrogens with zero attached hydrogens (tertiary/aromatic N) is 3. The number of aliphatic hydroxyl groups is 1. The predicted molar refractivity (Wildman–Crippen MR) is 116 cm³/mol. The second kappa shape index (κ2) is 9.09. The molecular formula is C20H27Cl2N5O3. The molecule has 1 fully saturated rings. The first-order chi connectivity index (χ1) is 14.1. The number of ether oxygens (including phenoxy) is 1. The van der Waals surface area contributed by atoms with Crippen molar-refractivity contribution in [1.82, 2.24) is 20.5 Å². The van der Waals surface area contributed by atoms with E-state index in [2.05, 4.69) is 25.4 Å². The van der Waals surface area contributed by atoms with E-state index in [9.17, 15) is 9.90 Å². The first-order valence-electron chi connectivity index (χ1n) is 9.89. The molecule has 30 heavy (non-hydrogen) atoms. The van der Waals surface area contributed by atoms with E-state index in [1.807, 2.05) is 13.0 Å². The SMILES string of the molecule is CCO[C@H]1CN(c2ccc(C(C)(C)O)nn2)CC[C@H]1NC(=O)c1[nH]c(C)c(Cl)c1Cl. The van der Waals surface area contributed by atoms with Gasteiger partial charge in [-0.25, -0.2) is 0 Å². The summed E-state index contributed by atoms with van der Waals surface area (Å²) in [6, 6.07) is 3.42. The fourth-order valence-corrected chi connectivity index (χ4v) is 3.88. The van der Waals surface area contributed by atoms with E-state index in [1.165, 1.54) is 0 Å². The van der Waals surface area contributed by atoms with Gasteiger partial charge in [-0.05, 0) is 46.2 Å². The number of piperidine rings is 1. The van der Waals surface area contributed by atoms with Crippen molar-refractivity contribution in [2.75, 3.05) is 24.6 Å². The van der Waals surface area contributed by atoms with Gasteiger partial charge in [0.15, 0.2) is 5.82 Å². The fourth-order valence-electron chi connectivity index (χ4n) is 3.46. The molecular weight excluding hydrogens is 429 g/mol. The quantitative estimate of drug-likeness (QED) is 0.618. The second-order valence-corrected chi connectivity index (χ2v) is 8.65. The maximum absolute atomic E-state index is 12.7. The molecule has 8 nitrogen and oxygen atoms in total. The summed E-state index contributed by atoms with van der Waals surface area (Å²) in [7, 11) is 0. The molecule has 0 unspecified atom stereocenters. The second-order valence-electron chi connectivity index (χ2n) is 7.90. The number of anilines is 1. The Hall–Kier alpha value is -1.87. The van der Waals surface area contributed by atoms with Gasteiger partial charge < -0.3 is 25.0 Å². The maximum Gasteiger partial charge on any atom is 0.269 e. The number of nitrogens with one attached hydrogen (secondary N) is 2. The van der Waals surface area contributed by atoms with Crippen LogP contribution in [0.15, 0.2) is 12.1 Å². The number of H-pyrrole nitrogens is 1. The Morgan fingerprint density at radius 2 is 2.10 bits per heavy atom. The summed E-state index contributed by atoms with van der Waals surface area (Å²) in [5.74, 6) is 0.389. The number of amides is 1. The van der Waals surface area contributed by atoms with E-state index in [0.717, 1.165) is 0 Å². The Morgan fingerprint density at radius 1 is 1.37 bits per heavy atom. The van der Waals surface area contributed by atoms with Crippen molar-refractivity contribution in [3.05, 3.63) is 39.3 Å². The number of hydrogen-bond acceptors (Lipinski definition) is 6. The maximum atomic E-state index is 12.7. The van der Waals surface area contributed by atoms with Crippen LogP contribution in [-0.4, -0.2) is 58.0 Å². The third-order valence-electron chi connectivity index (χ3n) is 5.14. The van der Waals surface area contributed by atoms with E-state index in [0.29, 0.717) is 48.3 Å². The van der Waals surface area contributed by atoms with Gasteiger partial charge in [-0.3, -0.25) is 4.79 Å². The van der Waals surface area contributed by atoms with Gasteiger partial charge in [-0.15, -0.1) is 5.10 Å². The zero-order chi connectivity index (χ0) is 22.1. The molecule has 3 heterocycles. The summed E-state index contributed by atoms with van der Waals surface area (Å²) in [6.07, 6.45) is 0.435. The molecule has 2 aromatic heterocycles. The summed E-state index contributed by atoms with van der Waals surface area (Å²) in [4.78, 5) is 17.7. The Bertz CT molecular complexity index is 895. The van der Waals surface area contributed by atoms with Crippen LogP contribution in [0.2, 0.25) is 10.0 Å². The third-order valence-corrected chi connectivity index (χ3v) is 6.09. The number of hydrogen-bond donors (Lipinski definition) is 3. The van der Waals surface area contributed by atoms with Crippen LogP contribution >= 0.6 is 23.2 Å². The smallest absolute Gasteiger partial charge is 0.269 e. The van der Waals surface area contributed by atoms with Crippen LogP contribution in [0.4, 0.5) is 5.82 Å². The number of aryl methyl sites for hydroxylation is 1. The molecule has 1 saturated heterocycles. The molecule has 10 heteroatoms. The van der Waals surface area contributed by atoms with Gasteiger partial charge in [-0.2, -0.15) is 5.10 Å². The molecule has 0 radical (unpaired) electrons. The lowest BCUT2D eigenvalue weighted by Gasteiger charge is -2.39. The number of halogens is 2. The normalized spacial score (nSPS) is 19.8. The molecule has 0 aromatic carbocycles. The molecule has 2 aromatic rings. The molecule has 3 N–H and O–H groups in total. The van der Waals surface area contributed by atoms with E-state index >= 15 is 0 Å². The minimum absolute atomic E-state index is 0.184. The molecule has 164 valence electrons. The first kappa shape index (κ1) is 22.8. The van der Waals surface area contributed by atoms with Gasteiger partial charge in [0.05, 0.1) is 27.9 Å². The summed E-state index contributed by atoms with van der Waals surface area (Å²) < 4.78 is 5.91. The topological polar surface area (TPSA) is 103 Å². The van der Waals surface area contributed by atoms with Crippen LogP contribution in [-0.2, 0) is 10.3 Å². The lowest BCUT2D eigenvalue weighted by atomic mass is 10.0. The van der Waals surface area contributed by atoms with E-state index in [-0.39, 0.29) is 28.8 Å². The van der Waals surface area contributed by atoms with Crippen LogP contribution in [0, 0.1) is 6.92 Å². The van der Waals surface area contributed by atoms with E-state index in [1.54, 1.807) is 26.8 Å². The van der Waals surface area contributed by atoms with Gasteiger partial charge >= 0.3 is 0 Å². The molecule has 0 saturated carbocycles. The van der Waals surface area contributed by atoms with E-state index in [4.69, 9.17) is 27.9 Å². The van der Waals surface area contributed by atoms with Crippen molar-refractivity contribution in [2.24, 2.45) is 0 Å². The van der Waals surface area contributed by atoms with Crippen molar-refractivity contribution in [1.29, 1.82) is 0 Å². The van der Waals surface area contributed by atoms with Crippen LogP contribution in [0.25, 0.3) is 0 Å². The highest BCUT2D eigenvalue weighted by Gasteiger charge is 2.33. The average molecular weight is 456 g/mol. The monoisotopic (exact) mass is 455 g/mol. The molecule has 0 bridgehead atoms. The zero-order valence-corrected chi connectivity index (χ0v) is 19.0. The third kappa shape index (κ3) is 4.88. The van der Waals surface area contributed by atoms with Crippen molar-refractivity contribution in [2.45, 2.75) is 51.9 Å². The lowest BCUT2D eigenvalue weighted by Crippen LogP contribution is -2.55. The van der Waals surface area contributed by atoms with Crippen LogP contribution in [0.1, 0.15) is 49.1 Å². The number of carbonyl (C=O) groups excluding carboxylic acids is 1. The highest BCUT2D eigenvalue weighted by atomic mass is 35.5. The first-order valence-corrected chi connectivity index (χ1v) is 10.6. The predicted octanol–water partition coefficient (Wildman–Crippen LogP) is 3.06. The summed E-state index contributed by atoms with van der Waals surface area (Å²) >= 11 is 12.3. The van der Waals surface area contributed by atoms with Crippen molar-refractivity contribution < 1.29 is 14.6 Å². The van der Waals surface area contributed by atoms with Crippen LogP contribution < -0.4 is 10.2 Å². The summed E-state index contributed by atoms with van der Waals surface area (Å²) in [5.41, 5.74) is 0.365. The summed E-state index contributed by atoms with van der Waals surface area (Å²) in [6.45, 7) is 8.75. The molecule has 0 spiro atoms. The number of aromatic nitrogens is 3. The number of carbonyl (C=O) groups is 1. The van der Waals surface area contributed by atoms with Gasteiger partial charge in [0, 0.05) is 25.4 Å². The highest BCUT2D eigenvalue weighted by molar-refractivity contribution is 6.44. The van der Waals surface area contributed by atoms with Crippen molar-refractivity contribution in [3.63, 3.8) is 0 Å². The highest BCUT2D eigenvalue weighted by Crippen LogP contribution is 2.29. The Labute approximate surface area is 185 Å². The molecule has 1 aliphatic heterocycles. The fraction of sp³-hybridized carbons (Fsp3) is 0.550. The zero-order valence-electron chi connectivity index (χ0n) is 17.5.